The van der Waals surface area contributed by atoms with E-state index in [-0.39, 0.29) is 4.90 Å². The van der Waals surface area contributed by atoms with Crippen molar-refractivity contribution in [2.75, 3.05) is 5.32 Å². The molecule has 140 valence electrons. The fraction of sp³-hybridized carbons (Fsp3) is 0.316. The number of hydrazine groups is 1. The molecule has 1 atom stereocenters. The summed E-state index contributed by atoms with van der Waals surface area (Å²) in [5.41, 5.74) is 5.75. The van der Waals surface area contributed by atoms with Crippen LogP contribution in [0.5, 0.6) is 0 Å². The molecular formula is C19H25N3O3S. The summed E-state index contributed by atoms with van der Waals surface area (Å²) >= 11 is 0. The van der Waals surface area contributed by atoms with E-state index < -0.39 is 16.1 Å². The molecule has 0 radical (unpaired) electrons. The minimum absolute atomic E-state index is 0.0941. The molecule has 0 aromatic heterocycles. The van der Waals surface area contributed by atoms with Crippen molar-refractivity contribution in [3.63, 3.8) is 0 Å². The molecule has 0 unspecified atom stereocenters. The van der Waals surface area contributed by atoms with Crippen LogP contribution < -0.4 is 15.6 Å². The van der Waals surface area contributed by atoms with E-state index in [1.54, 1.807) is 12.1 Å². The Kier molecular flexibility index (Phi) is 6.39. The number of hydrogen-bond acceptors (Lipinski definition) is 3. The zero-order valence-electron chi connectivity index (χ0n) is 15.5. The molecule has 2 aromatic rings. The van der Waals surface area contributed by atoms with Crippen molar-refractivity contribution in [2.24, 2.45) is 0 Å². The lowest BCUT2D eigenvalue weighted by atomic mass is 9.99. The molecule has 0 saturated carbocycles. The summed E-state index contributed by atoms with van der Waals surface area (Å²) in [5, 5.41) is 2.63. The van der Waals surface area contributed by atoms with Gasteiger partial charge in [0, 0.05) is 5.69 Å². The number of nitrogens with one attached hydrogen (secondary N) is 3. The van der Waals surface area contributed by atoms with Crippen LogP contribution in [0.2, 0.25) is 0 Å². The van der Waals surface area contributed by atoms with Gasteiger partial charge in [0.1, 0.15) is 0 Å². The Balaban J connectivity index is 2.01. The molecule has 0 bridgehead atoms. The van der Waals surface area contributed by atoms with Gasteiger partial charge in [0.05, 0.1) is 4.90 Å². The Morgan fingerprint density at radius 2 is 1.73 bits per heavy atom. The largest absolute Gasteiger partial charge is 0.334 e. The summed E-state index contributed by atoms with van der Waals surface area (Å²) in [4.78, 5) is 14.2. The standard InChI is InChI=1S/C19H25N3O3S/c1-5-14(3)16-8-10-17(11-9-16)26(24,25)22-21-19(23)20-18-12-13(2)6-7-15(18)4/h6-12,14,22H,5H2,1-4H3,(H2,20,21,23)/t14-/m1/s1. The number of sulfonamides is 1. The van der Waals surface area contributed by atoms with E-state index in [1.165, 1.54) is 12.1 Å². The Morgan fingerprint density at radius 3 is 2.35 bits per heavy atom. The average molecular weight is 375 g/mol. The van der Waals surface area contributed by atoms with Gasteiger partial charge in [-0.2, -0.15) is 0 Å². The highest BCUT2D eigenvalue weighted by molar-refractivity contribution is 7.89. The summed E-state index contributed by atoms with van der Waals surface area (Å²) in [7, 11) is -3.84. The molecule has 0 aliphatic rings. The van der Waals surface area contributed by atoms with Crippen molar-refractivity contribution in [3.05, 3.63) is 59.2 Å². The van der Waals surface area contributed by atoms with Gasteiger partial charge in [0.2, 0.25) is 0 Å². The summed E-state index contributed by atoms with van der Waals surface area (Å²) < 4.78 is 24.6. The topological polar surface area (TPSA) is 87.3 Å². The Morgan fingerprint density at radius 1 is 1.08 bits per heavy atom. The van der Waals surface area contributed by atoms with Crippen LogP contribution in [0.4, 0.5) is 10.5 Å². The lowest BCUT2D eigenvalue weighted by molar-refractivity contribution is 0.250. The molecule has 0 saturated heterocycles. The summed E-state index contributed by atoms with van der Waals surface area (Å²) in [6.07, 6.45) is 0.977. The number of amides is 2. The third-order valence-corrected chi connectivity index (χ3v) is 5.58. The van der Waals surface area contributed by atoms with Crippen molar-refractivity contribution in [1.82, 2.24) is 10.3 Å². The molecule has 7 heteroatoms. The minimum Gasteiger partial charge on any atom is -0.307 e. The number of benzene rings is 2. The van der Waals surface area contributed by atoms with Gasteiger partial charge in [0.15, 0.2) is 0 Å². The maximum Gasteiger partial charge on any atom is 0.334 e. The lowest BCUT2D eigenvalue weighted by Crippen LogP contribution is -2.43. The maximum atomic E-state index is 12.3. The number of anilines is 1. The summed E-state index contributed by atoms with van der Waals surface area (Å²) in [6.45, 7) is 7.93. The second-order valence-electron chi connectivity index (χ2n) is 6.38. The second-order valence-corrected chi connectivity index (χ2v) is 8.06. The van der Waals surface area contributed by atoms with Crippen molar-refractivity contribution in [3.8, 4) is 0 Å². The van der Waals surface area contributed by atoms with Crippen LogP contribution in [0.15, 0.2) is 47.4 Å². The van der Waals surface area contributed by atoms with E-state index in [1.807, 2.05) is 32.0 Å². The fourth-order valence-corrected chi connectivity index (χ4v) is 3.25. The monoisotopic (exact) mass is 375 g/mol. The van der Waals surface area contributed by atoms with E-state index in [2.05, 4.69) is 29.4 Å². The van der Waals surface area contributed by atoms with E-state index in [0.717, 1.165) is 23.1 Å². The number of urea groups is 1. The molecule has 6 nitrogen and oxygen atoms in total. The molecule has 0 spiro atoms. The van der Waals surface area contributed by atoms with E-state index in [4.69, 9.17) is 0 Å². The number of carbonyl (C=O) groups excluding carboxylic acids is 1. The Hall–Kier alpha value is -2.38. The highest BCUT2D eigenvalue weighted by Crippen LogP contribution is 2.20. The number of rotatable bonds is 6. The van der Waals surface area contributed by atoms with Gasteiger partial charge in [0.25, 0.3) is 10.0 Å². The van der Waals surface area contributed by atoms with Gasteiger partial charge in [-0.05, 0) is 61.1 Å². The normalized spacial score (nSPS) is 12.5. The highest BCUT2D eigenvalue weighted by Gasteiger charge is 2.16. The molecule has 0 aliphatic heterocycles. The van der Waals surface area contributed by atoms with Crippen molar-refractivity contribution in [2.45, 2.75) is 44.9 Å². The Bertz CT molecular complexity index is 877. The smallest absolute Gasteiger partial charge is 0.307 e. The third kappa shape index (κ3) is 5.06. The van der Waals surface area contributed by atoms with Crippen LogP contribution >= 0.6 is 0 Å². The third-order valence-electron chi connectivity index (χ3n) is 4.31. The minimum atomic E-state index is -3.84. The van der Waals surface area contributed by atoms with Crippen LogP contribution in [0, 0.1) is 13.8 Å². The number of hydrogen-bond donors (Lipinski definition) is 3. The van der Waals surface area contributed by atoms with Gasteiger partial charge in [-0.1, -0.05) is 38.1 Å². The van der Waals surface area contributed by atoms with Crippen molar-refractivity contribution in [1.29, 1.82) is 0 Å². The van der Waals surface area contributed by atoms with E-state index >= 15 is 0 Å². The summed E-state index contributed by atoms with van der Waals surface area (Å²) in [5.74, 6) is 0.362. The molecule has 2 rings (SSSR count). The zero-order chi connectivity index (χ0) is 19.3. The van der Waals surface area contributed by atoms with E-state index in [9.17, 15) is 13.2 Å². The first-order valence-corrected chi connectivity index (χ1v) is 9.97. The predicted octanol–water partition coefficient (Wildman–Crippen LogP) is 3.83. The quantitative estimate of drug-likeness (QED) is 0.671. The lowest BCUT2D eigenvalue weighted by Gasteiger charge is -2.13. The van der Waals surface area contributed by atoms with Gasteiger partial charge in [-0.15, -0.1) is 4.83 Å². The second kappa shape index (κ2) is 8.33. The van der Waals surface area contributed by atoms with Crippen LogP contribution in [0.25, 0.3) is 0 Å². The van der Waals surface area contributed by atoms with Crippen molar-refractivity contribution < 1.29 is 13.2 Å². The summed E-state index contributed by atoms with van der Waals surface area (Å²) in [6, 6.07) is 11.6. The zero-order valence-corrected chi connectivity index (χ0v) is 16.3. The average Bonchev–Trinajstić information content (AvgIpc) is 2.62. The van der Waals surface area contributed by atoms with E-state index in [0.29, 0.717) is 11.6 Å². The van der Waals surface area contributed by atoms with Crippen LogP contribution in [0.1, 0.15) is 42.9 Å². The Labute approximate surface area is 155 Å². The molecular weight excluding hydrogens is 350 g/mol. The molecule has 0 heterocycles. The SMILES string of the molecule is CC[C@@H](C)c1ccc(S(=O)(=O)NNC(=O)Nc2cc(C)ccc2C)cc1. The predicted molar refractivity (Wildman–Crippen MR) is 104 cm³/mol. The molecule has 0 fully saturated rings. The number of carbonyl (C=O) groups is 1. The first-order valence-electron chi connectivity index (χ1n) is 8.49. The molecule has 2 amide bonds. The first-order chi connectivity index (χ1) is 12.2. The molecule has 26 heavy (non-hydrogen) atoms. The van der Waals surface area contributed by atoms with Crippen molar-refractivity contribution >= 4 is 21.7 Å². The first kappa shape index (κ1) is 19.9. The molecule has 3 N–H and O–H groups in total. The van der Waals surface area contributed by atoms with Crippen LogP contribution in [-0.4, -0.2) is 14.4 Å². The highest BCUT2D eigenvalue weighted by atomic mass is 32.2. The van der Waals surface area contributed by atoms with Crippen LogP contribution in [-0.2, 0) is 10.0 Å². The van der Waals surface area contributed by atoms with Gasteiger partial charge in [-0.3, -0.25) is 5.43 Å². The fourth-order valence-electron chi connectivity index (χ4n) is 2.41. The van der Waals surface area contributed by atoms with Gasteiger partial charge in [-0.25, -0.2) is 13.2 Å². The molecule has 0 aliphatic carbocycles. The van der Waals surface area contributed by atoms with Gasteiger partial charge < -0.3 is 5.32 Å². The van der Waals surface area contributed by atoms with Gasteiger partial charge >= 0.3 is 6.03 Å². The molecule has 2 aromatic carbocycles. The number of aryl methyl sites for hydroxylation is 2. The van der Waals surface area contributed by atoms with Crippen LogP contribution in [0.3, 0.4) is 0 Å². The maximum absolute atomic E-state index is 12.3.